The van der Waals surface area contributed by atoms with Crippen LogP contribution in [0.1, 0.15) is 63.7 Å². The molecular weight excluding hydrogens is 690 g/mol. The van der Waals surface area contributed by atoms with E-state index in [-0.39, 0.29) is 25.0 Å². The van der Waals surface area contributed by atoms with Crippen LogP contribution in [0.25, 0.3) is 33.5 Å². The Labute approximate surface area is 314 Å². The monoisotopic (exact) mass is 741 g/mol. The second kappa shape index (κ2) is 15.7. The van der Waals surface area contributed by atoms with Crippen LogP contribution in [-0.4, -0.2) is 113 Å². The molecule has 6 bridgehead atoms. The van der Waals surface area contributed by atoms with Gasteiger partial charge < -0.3 is 35.3 Å². The Morgan fingerprint density at radius 3 is 2.76 bits per heavy atom. The van der Waals surface area contributed by atoms with Crippen LogP contribution < -0.4 is 26.3 Å². The van der Waals surface area contributed by atoms with Gasteiger partial charge in [-0.15, -0.1) is 0 Å². The van der Waals surface area contributed by atoms with Gasteiger partial charge in [-0.2, -0.15) is 5.10 Å². The summed E-state index contributed by atoms with van der Waals surface area (Å²) < 4.78 is 11.9. The smallest absolute Gasteiger partial charge is 0.324 e. The van der Waals surface area contributed by atoms with Gasteiger partial charge in [0.05, 0.1) is 36.0 Å². The molecule has 0 aliphatic carbocycles. The quantitative estimate of drug-likeness (QED) is 0.159. The number of aromatic amines is 2. The number of ether oxygens (including phenoxy) is 2. The Bertz CT molecular complexity index is 2000. The number of H-pyrrole nitrogens is 2. The number of benzene rings is 1. The van der Waals surface area contributed by atoms with E-state index in [0.29, 0.717) is 44.0 Å². The lowest BCUT2D eigenvalue weighted by molar-refractivity contribution is -0.155. The number of cyclic esters (lactones) is 1. The molecule has 0 saturated carbocycles. The summed E-state index contributed by atoms with van der Waals surface area (Å²) in [7, 11) is 1.69. The lowest BCUT2D eigenvalue weighted by Crippen LogP contribution is -2.61. The van der Waals surface area contributed by atoms with Crippen LogP contribution in [0.3, 0.4) is 0 Å². The van der Waals surface area contributed by atoms with Gasteiger partial charge in [0.2, 0.25) is 0 Å². The van der Waals surface area contributed by atoms with E-state index in [9.17, 15) is 14.4 Å². The molecule has 3 aromatic heterocycles. The fraction of sp³-hybridized carbons (Fsp3) is 0.526. The maximum Gasteiger partial charge on any atom is 0.324 e. The molecule has 16 heteroatoms. The largest absolute Gasteiger partial charge is 0.464 e. The molecule has 3 unspecified atom stereocenters. The normalized spacial score (nSPS) is 21.4. The maximum atomic E-state index is 13.9. The Balaban J connectivity index is 1.34. The van der Waals surface area contributed by atoms with Crippen LogP contribution in [-0.2, 0) is 31.9 Å². The second-order valence-electron chi connectivity index (χ2n) is 15.1. The van der Waals surface area contributed by atoms with Crippen LogP contribution in [0.15, 0.2) is 30.5 Å². The van der Waals surface area contributed by atoms with E-state index < -0.39 is 29.5 Å². The van der Waals surface area contributed by atoms with Crippen molar-refractivity contribution in [2.24, 2.45) is 5.41 Å². The number of hydrazine groups is 1. The number of hydrogen-bond donors (Lipinski definition) is 6. The number of esters is 1. The van der Waals surface area contributed by atoms with Crippen molar-refractivity contribution in [2.75, 3.05) is 57.9 Å². The summed E-state index contributed by atoms with van der Waals surface area (Å²) in [4.78, 5) is 56.0. The van der Waals surface area contributed by atoms with E-state index in [1.807, 2.05) is 25.3 Å². The van der Waals surface area contributed by atoms with Gasteiger partial charge in [-0.05, 0) is 62.9 Å². The summed E-state index contributed by atoms with van der Waals surface area (Å²) in [5, 5.41) is 18.8. The zero-order valence-electron chi connectivity index (χ0n) is 31.7. The van der Waals surface area contributed by atoms with Crippen LogP contribution in [0.5, 0.6) is 0 Å². The van der Waals surface area contributed by atoms with Gasteiger partial charge in [-0.3, -0.25) is 24.7 Å². The highest BCUT2D eigenvalue weighted by molar-refractivity contribution is 5.94. The van der Waals surface area contributed by atoms with E-state index in [4.69, 9.17) is 19.4 Å². The number of rotatable bonds is 6. The molecule has 6 N–H and O–H groups in total. The molecule has 4 aromatic rings. The summed E-state index contributed by atoms with van der Waals surface area (Å²) in [6.45, 7) is 12.4. The molecule has 3 aliphatic heterocycles. The maximum absolute atomic E-state index is 13.9. The first-order valence-electron chi connectivity index (χ1n) is 18.9. The van der Waals surface area contributed by atoms with E-state index in [1.165, 1.54) is 5.01 Å². The van der Waals surface area contributed by atoms with Crippen molar-refractivity contribution in [3.05, 3.63) is 47.5 Å². The first-order valence-corrected chi connectivity index (χ1v) is 18.9. The van der Waals surface area contributed by atoms with E-state index in [2.05, 4.69) is 67.4 Å². The standard InChI is InChI=1S/C38H51N11O5/c1-6-40-37(52)43-30-18-31-44-34(46-45-31)23-9-10-28-25(16-23)27(19-38(3,4)21-54-36(51)29-8-7-13-49(47-29)35(30)50)33(42-28)26-17-24(48-14-11-39-12-15-48)20-41-32(26)22(2)53-5/h9-10,16-17,20,22,29-30,39,42,47H,6-8,11-15,18-19,21H2,1-5H3,(H2,40,43,52)(H,44,45,46). The predicted octanol–water partition coefficient (Wildman–Crippen LogP) is 2.98. The molecule has 6 heterocycles. The Morgan fingerprint density at radius 1 is 1.17 bits per heavy atom. The third-order valence-electron chi connectivity index (χ3n) is 10.4. The highest BCUT2D eigenvalue weighted by Gasteiger charge is 2.35. The SMILES string of the molecule is CCNC(=O)NC1Cc2nc(n[nH]2)-c2ccc3[nH]c(-c4cc(N5CCNCC5)cnc4C(C)OC)c(c3c2)CC(C)(C)COC(=O)C2CCCN(N2)C1=O. The molecule has 54 heavy (non-hydrogen) atoms. The number of carbonyl (C=O) groups is 3. The number of urea groups is 1. The van der Waals surface area contributed by atoms with Crippen molar-refractivity contribution in [3.8, 4) is 22.6 Å². The number of methoxy groups -OCH3 is 1. The first-order chi connectivity index (χ1) is 26.0. The Morgan fingerprint density at radius 2 is 1.98 bits per heavy atom. The van der Waals surface area contributed by atoms with Crippen LogP contribution in [0.2, 0.25) is 0 Å². The van der Waals surface area contributed by atoms with E-state index in [0.717, 1.165) is 70.8 Å². The summed E-state index contributed by atoms with van der Waals surface area (Å²) >= 11 is 0. The summed E-state index contributed by atoms with van der Waals surface area (Å²) in [5.74, 6) is 0.0767. The van der Waals surface area contributed by atoms with Crippen LogP contribution in [0.4, 0.5) is 10.5 Å². The number of anilines is 1. The summed E-state index contributed by atoms with van der Waals surface area (Å²) in [5.41, 5.74) is 9.07. The van der Waals surface area contributed by atoms with Crippen molar-refractivity contribution in [1.29, 1.82) is 0 Å². The topological polar surface area (TPSA) is 195 Å². The van der Waals surface area contributed by atoms with Gasteiger partial charge in [0.1, 0.15) is 17.9 Å². The molecule has 2 fully saturated rings. The average molecular weight is 742 g/mol. The Kier molecular flexibility index (Phi) is 10.9. The van der Waals surface area contributed by atoms with Gasteiger partial charge in [0.25, 0.3) is 5.91 Å². The zero-order valence-corrected chi connectivity index (χ0v) is 31.7. The average Bonchev–Trinajstić information content (AvgIpc) is 3.80. The van der Waals surface area contributed by atoms with E-state index in [1.54, 1.807) is 14.0 Å². The number of hydrogen-bond acceptors (Lipinski definition) is 11. The van der Waals surface area contributed by atoms with Gasteiger partial charge in [0, 0.05) is 80.2 Å². The van der Waals surface area contributed by atoms with Crippen molar-refractivity contribution in [2.45, 2.75) is 71.6 Å². The summed E-state index contributed by atoms with van der Waals surface area (Å²) in [6.07, 6.45) is 3.38. The first kappa shape index (κ1) is 37.3. The number of piperazine rings is 1. The Hall–Kier alpha value is -5.06. The van der Waals surface area contributed by atoms with Gasteiger partial charge in [-0.25, -0.2) is 15.2 Å². The number of carbonyl (C=O) groups excluding carboxylic acids is 3. The minimum atomic E-state index is -0.979. The predicted molar refractivity (Wildman–Crippen MR) is 203 cm³/mol. The number of aromatic nitrogens is 5. The fourth-order valence-electron chi connectivity index (χ4n) is 7.48. The highest BCUT2D eigenvalue weighted by atomic mass is 16.5. The number of pyridine rings is 1. The minimum Gasteiger partial charge on any atom is -0.464 e. The number of nitrogens with one attached hydrogen (secondary N) is 6. The van der Waals surface area contributed by atoms with Gasteiger partial charge >= 0.3 is 12.0 Å². The second-order valence-corrected chi connectivity index (χ2v) is 15.1. The molecule has 1 aromatic carbocycles. The van der Waals surface area contributed by atoms with Crippen molar-refractivity contribution in [3.63, 3.8) is 0 Å². The molecule has 3 atom stereocenters. The summed E-state index contributed by atoms with van der Waals surface area (Å²) in [6, 6.07) is 6.09. The molecule has 3 amide bonds. The van der Waals surface area contributed by atoms with Gasteiger partial charge in [0.15, 0.2) is 5.82 Å². The molecule has 2 saturated heterocycles. The van der Waals surface area contributed by atoms with E-state index >= 15 is 0 Å². The lowest BCUT2D eigenvalue weighted by Gasteiger charge is -2.35. The van der Waals surface area contributed by atoms with Crippen molar-refractivity contribution < 1.29 is 23.9 Å². The molecule has 288 valence electrons. The number of fused-ring (bicyclic) bond motifs is 6. The van der Waals surface area contributed by atoms with Crippen molar-refractivity contribution in [1.82, 2.24) is 51.5 Å². The van der Waals surface area contributed by atoms with Crippen molar-refractivity contribution >= 4 is 34.5 Å². The van der Waals surface area contributed by atoms with Gasteiger partial charge in [-0.1, -0.05) is 13.8 Å². The molecule has 0 radical (unpaired) electrons. The van der Waals surface area contributed by atoms with Crippen LogP contribution in [0, 0.1) is 5.41 Å². The minimum absolute atomic E-state index is 0.0587. The third kappa shape index (κ3) is 7.91. The fourth-order valence-corrected chi connectivity index (χ4v) is 7.48. The lowest BCUT2D eigenvalue weighted by atomic mass is 9.84. The number of nitrogens with zero attached hydrogens (tertiary/aromatic N) is 5. The van der Waals surface area contributed by atoms with Crippen LogP contribution >= 0.6 is 0 Å². The molecule has 16 nitrogen and oxygen atoms in total. The molecule has 3 aliphatic rings. The molecule has 7 rings (SSSR count). The third-order valence-corrected chi connectivity index (χ3v) is 10.4. The number of amides is 3. The molecular formula is C38H51N11O5. The highest BCUT2D eigenvalue weighted by Crippen LogP contribution is 2.40. The zero-order chi connectivity index (χ0) is 38.0. The molecule has 0 spiro atoms.